The number of aliphatic hydroxyl groups excluding tert-OH is 1. The molecule has 0 unspecified atom stereocenters. The van der Waals surface area contributed by atoms with Gasteiger partial charge in [-0.1, -0.05) is 6.07 Å². The lowest BCUT2D eigenvalue weighted by Gasteiger charge is -2.36. The van der Waals surface area contributed by atoms with Gasteiger partial charge in [0.15, 0.2) is 0 Å². The van der Waals surface area contributed by atoms with E-state index in [1.165, 1.54) is 0 Å². The van der Waals surface area contributed by atoms with E-state index in [0.29, 0.717) is 19.1 Å². The van der Waals surface area contributed by atoms with E-state index in [4.69, 9.17) is 4.74 Å². The minimum Gasteiger partial charge on any atom is -0.497 e. The van der Waals surface area contributed by atoms with Crippen LogP contribution in [-0.4, -0.2) is 58.9 Å². The number of anilines is 1. The predicted octanol–water partition coefficient (Wildman–Crippen LogP) is 3.96. The Bertz CT molecular complexity index is 1210. The van der Waals surface area contributed by atoms with E-state index in [1.54, 1.807) is 25.1 Å². The van der Waals surface area contributed by atoms with Gasteiger partial charge in [0.1, 0.15) is 5.75 Å². The van der Waals surface area contributed by atoms with E-state index in [1.807, 2.05) is 31.2 Å². The summed E-state index contributed by atoms with van der Waals surface area (Å²) in [6, 6.07) is 14.4. The standard InChI is InChI=1S/C27H32N4O3S/c1-17-27(33)30-24-13-18(3-6-26(24)35-17)15-31(19-7-10-28-11-8-19)16-25(32)21-9-12-29-23-5-4-20(34-2)14-22(21)23/h3-6,9,12-14,17,19,25,28,32H,7-8,10-11,15-16H2,1-2H3,(H,30,33)/t17-,25+/m1/s1. The molecule has 2 atom stereocenters. The smallest absolute Gasteiger partial charge is 0.237 e. The lowest BCUT2D eigenvalue weighted by Crippen LogP contribution is -2.44. The highest BCUT2D eigenvalue weighted by atomic mass is 32.2. The molecule has 0 saturated carbocycles. The Morgan fingerprint density at radius 1 is 1.20 bits per heavy atom. The van der Waals surface area contributed by atoms with E-state index >= 15 is 0 Å². The van der Waals surface area contributed by atoms with Crippen LogP contribution in [0.4, 0.5) is 5.69 Å². The topological polar surface area (TPSA) is 86.7 Å². The van der Waals surface area contributed by atoms with Crippen LogP contribution in [0.2, 0.25) is 0 Å². The van der Waals surface area contributed by atoms with Gasteiger partial charge in [-0.15, -0.1) is 11.8 Å². The summed E-state index contributed by atoms with van der Waals surface area (Å²) in [4.78, 5) is 20.2. The van der Waals surface area contributed by atoms with Crippen molar-refractivity contribution in [1.29, 1.82) is 0 Å². The number of hydrogen-bond acceptors (Lipinski definition) is 7. The average molecular weight is 493 g/mol. The lowest BCUT2D eigenvalue weighted by molar-refractivity contribution is -0.115. The molecular formula is C27H32N4O3S. The quantitative estimate of drug-likeness (QED) is 0.460. The summed E-state index contributed by atoms with van der Waals surface area (Å²) in [5.74, 6) is 0.794. The molecule has 35 heavy (non-hydrogen) atoms. The number of benzene rings is 2. The normalized spacial score (nSPS) is 19.4. The number of amides is 1. The minimum absolute atomic E-state index is 0.0466. The van der Waals surface area contributed by atoms with Gasteiger partial charge in [0.25, 0.3) is 0 Å². The first-order chi connectivity index (χ1) is 17.0. The van der Waals surface area contributed by atoms with Crippen LogP contribution in [0.5, 0.6) is 5.75 Å². The van der Waals surface area contributed by atoms with Gasteiger partial charge in [-0.05, 0) is 80.4 Å². The number of ether oxygens (including phenoxy) is 1. The molecule has 8 heteroatoms. The number of fused-ring (bicyclic) bond motifs is 2. The number of nitrogens with zero attached hydrogens (tertiary/aromatic N) is 2. The molecule has 2 aromatic carbocycles. The molecule has 3 heterocycles. The van der Waals surface area contributed by atoms with Gasteiger partial charge >= 0.3 is 0 Å². The zero-order valence-corrected chi connectivity index (χ0v) is 21.0. The molecule has 0 spiro atoms. The molecule has 2 aliphatic heterocycles. The van der Waals surface area contributed by atoms with Crippen LogP contribution in [0.1, 0.15) is 37.0 Å². The number of aliphatic hydroxyl groups is 1. The van der Waals surface area contributed by atoms with Crippen molar-refractivity contribution in [2.24, 2.45) is 0 Å². The van der Waals surface area contributed by atoms with Gasteiger partial charge in [0.05, 0.1) is 29.7 Å². The molecule has 7 nitrogen and oxygen atoms in total. The summed E-state index contributed by atoms with van der Waals surface area (Å²) < 4.78 is 5.41. The van der Waals surface area contributed by atoms with Gasteiger partial charge in [0.2, 0.25) is 5.91 Å². The van der Waals surface area contributed by atoms with Gasteiger partial charge in [-0.25, -0.2) is 0 Å². The van der Waals surface area contributed by atoms with E-state index in [2.05, 4.69) is 38.7 Å². The molecule has 0 bridgehead atoms. The Labute approximate surface area is 210 Å². The summed E-state index contributed by atoms with van der Waals surface area (Å²) in [6.45, 7) is 5.09. The Morgan fingerprint density at radius 3 is 2.83 bits per heavy atom. The lowest BCUT2D eigenvalue weighted by atomic mass is 9.99. The van der Waals surface area contributed by atoms with Crippen molar-refractivity contribution in [3.8, 4) is 5.75 Å². The molecule has 5 rings (SSSR count). The molecule has 1 fully saturated rings. The van der Waals surface area contributed by atoms with Crippen molar-refractivity contribution < 1.29 is 14.6 Å². The Morgan fingerprint density at radius 2 is 2.03 bits per heavy atom. The zero-order chi connectivity index (χ0) is 24.4. The van der Waals surface area contributed by atoms with Crippen LogP contribution in [0.15, 0.2) is 53.6 Å². The maximum Gasteiger partial charge on any atom is 0.237 e. The first-order valence-corrected chi connectivity index (χ1v) is 13.1. The number of carbonyl (C=O) groups is 1. The maximum absolute atomic E-state index is 12.2. The Balaban J connectivity index is 1.41. The highest BCUT2D eigenvalue weighted by molar-refractivity contribution is 8.00. The third-order valence-electron chi connectivity index (χ3n) is 6.93. The fraction of sp³-hybridized carbons (Fsp3) is 0.407. The number of carbonyl (C=O) groups excluding carboxylic acids is 1. The summed E-state index contributed by atoms with van der Waals surface area (Å²) in [6.07, 6.45) is 3.16. The average Bonchev–Trinajstić information content (AvgIpc) is 2.89. The molecule has 2 aliphatic rings. The predicted molar refractivity (Wildman–Crippen MR) is 140 cm³/mol. The summed E-state index contributed by atoms with van der Waals surface area (Å²) in [7, 11) is 1.65. The first kappa shape index (κ1) is 24.1. The van der Waals surface area contributed by atoms with Crippen LogP contribution in [0, 0.1) is 0 Å². The van der Waals surface area contributed by atoms with Crippen molar-refractivity contribution in [3.63, 3.8) is 0 Å². The number of methoxy groups -OCH3 is 1. The fourth-order valence-electron chi connectivity index (χ4n) is 4.99. The number of nitrogens with one attached hydrogen (secondary N) is 2. The van der Waals surface area contributed by atoms with Gasteiger partial charge in [0, 0.05) is 35.6 Å². The second-order valence-corrected chi connectivity index (χ2v) is 10.7. The fourth-order valence-corrected chi connectivity index (χ4v) is 5.92. The van der Waals surface area contributed by atoms with Crippen molar-refractivity contribution in [1.82, 2.24) is 15.2 Å². The number of aromatic nitrogens is 1. The summed E-state index contributed by atoms with van der Waals surface area (Å²) in [5.41, 5.74) is 3.71. The summed E-state index contributed by atoms with van der Waals surface area (Å²) >= 11 is 1.60. The van der Waals surface area contributed by atoms with Gasteiger partial charge < -0.3 is 20.5 Å². The zero-order valence-electron chi connectivity index (χ0n) is 20.2. The number of piperidine rings is 1. The van der Waals surface area contributed by atoms with Crippen LogP contribution in [-0.2, 0) is 11.3 Å². The molecule has 3 aromatic rings. The molecule has 1 aromatic heterocycles. The maximum atomic E-state index is 12.2. The largest absolute Gasteiger partial charge is 0.497 e. The van der Waals surface area contributed by atoms with Crippen molar-refractivity contribution in [2.75, 3.05) is 32.1 Å². The van der Waals surface area contributed by atoms with E-state index in [0.717, 1.165) is 64.3 Å². The molecule has 3 N–H and O–H groups in total. The van der Waals surface area contributed by atoms with Crippen molar-refractivity contribution in [3.05, 3.63) is 59.8 Å². The highest BCUT2D eigenvalue weighted by Crippen LogP contribution is 2.36. The van der Waals surface area contributed by atoms with E-state index in [-0.39, 0.29) is 11.2 Å². The molecule has 184 valence electrons. The molecule has 1 saturated heterocycles. The molecule has 0 radical (unpaired) electrons. The summed E-state index contributed by atoms with van der Waals surface area (Å²) in [5, 5.41) is 18.7. The second-order valence-electron chi connectivity index (χ2n) is 9.29. The Kier molecular flexibility index (Phi) is 7.24. The molecule has 1 amide bonds. The van der Waals surface area contributed by atoms with E-state index in [9.17, 15) is 9.90 Å². The van der Waals surface area contributed by atoms with Crippen molar-refractivity contribution in [2.45, 2.75) is 48.6 Å². The van der Waals surface area contributed by atoms with Gasteiger partial charge in [-0.3, -0.25) is 14.7 Å². The number of hydrogen-bond donors (Lipinski definition) is 3. The van der Waals surface area contributed by atoms with Crippen LogP contribution < -0.4 is 15.4 Å². The highest BCUT2D eigenvalue weighted by Gasteiger charge is 2.27. The number of thioether (sulfide) groups is 1. The van der Waals surface area contributed by atoms with Crippen molar-refractivity contribution >= 4 is 34.3 Å². The van der Waals surface area contributed by atoms with Crippen LogP contribution in [0.3, 0.4) is 0 Å². The van der Waals surface area contributed by atoms with Gasteiger partial charge in [-0.2, -0.15) is 0 Å². The second kappa shape index (κ2) is 10.5. The molecule has 0 aliphatic carbocycles. The number of pyridine rings is 1. The van der Waals surface area contributed by atoms with E-state index < -0.39 is 6.10 Å². The minimum atomic E-state index is -0.670. The SMILES string of the molecule is COc1ccc2nccc([C@@H](O)CN(Cc3ccc4c(c3)NC(=O)[C@@H](C)S4)C3CCNCC3)c2c1. The number of rotatable bonds is 7. The third kappa shape index (κ3) is 5.30. The Hall–Kier alpha value is -2.65. The third-order valence-corrected chi connectivity index (χ3v) is 8.11. The first-order valence-electron chi connectivity index (χ1n) is 12.2. The molecular weight excluding hydrogens is 460 g/mol. The van der Waals surface area contributed by atoms with Crippen LogP contribution >= 0.6 is 11.8 Å². The monoisotopic (exact) mass is 492 g/mol. The van der Waals surface area contributed by atoms with Crippen LogP contribution in [0.25, 0.3) is 10.9 Å².